The first-order valence-corrected chi connectivity index (χ1v) is 13.9. The van der Waals surface area contributed by atoms with Crippen LogP contribution >= 0.6 is 11.8 Å². The molecule has 0 saturated carbocycles. The lowest BCUT2D eigenvalue weighted by atomic mass is 10.1. The van der Waals surface area contributed by atoms with Crippen molar-refractivity contribution in [2.24, 2.45) is 10.8 Å². The highest BCUT2D eigenvalue weighted by Gasteiger charge is 2.29. The maximum absolute atomic E-state index is 5.03. The SMILES string of the molecule is C.C=C.C=C/C=C(C=C)\C=C/CCCSc1ccc2c(c1)/C(=N/NCC)C(=C)N2CCCC.CCCN. The summed E-state index contributed by atoms with van der Waals surface area (Å²) in [5.74, 6) is 1.08. The standard InChI is InChI=1S/C26H35N3S.C3H9N.C2H4.CH4/c1-6-10-18-29-21(5)26(28-27-9-4)24-20-23(16-17-25(24)29)30-19-13-11-12-15-22(8-3)14-7-2;1-2-3-4;1-2;/h7-8,12,14-17,20,27H,2-3,5-6,9-11,13,18-19H2,1,4H3;2-4H2,1H3;1-2H2;1H4/b15-12-,22-14-,28-26+;;;. The lowest BCUT2D eigenvalue weighted by Crippen LogP contribution is -2.22. The summed E-state index contributed by atoms with van der Waals surface area (Å²) >= 11 is 1.90. The minimum Gasteiger partial charge on any atom is -0.340 e. The van der Waals surface area contributed by atoms with Crippen LogP contribution in [0.15, 0.2) is 103 Å². The van der Waals surface area contributed by atoms with Gasteiger partial charge in [0, 0.05) is 23.5 Å². The number of hydrazone groups is 1. The van der Waals surface area contributed by atoms with Crippen molar-refractivity contribution in [2.75, 3.05) is 30.3 Å². The molecule has 0 bridgehead atoms. The van der Waals surface area contributed by atoms with Crippen LogP contribution in [0, 0.1) is 0 Å². The van der Waals surface area contributed by atoms with Crippen molar-refractivity contribution in [3.05, 3.63) is 98.3 Å². The first kappa shape index (κ1) is 36.4. The van der Waals surface area contributed by atoms with Crippen molar-refractivity contribution in [3.63, 3.8) is 0 Å². The van der Waals surface area contributed by atoms with E-state index in [1.807, 2.05) is 23.9 Å². The van der Waals surface area contributed by atoms with Crippen molar-refractivity contribution in [2.45, 2.75) is 65.2 Å². The smallest absolute Gasteiger partial charge is 0.115 e. The number of fused-ring (bicyclic) bond motifs is 1. The Morgan fingerprint density at radius 1 is 1.14 bits per heavy atom. The summed E-state index contributed by atoms with van der Waals surface area (Å²) in [6.07, 6.45) is 15.5. The van der Waals surface area contributed by atoms with Gasteiger partial charge in [0.05, 0.1) is 11.4 Å². The molecule has 1 aliphatic rings. The van der Waals surface area contributed by atoms with E-state index in [0.29, 0.717) is 0 Å². The van der Waals surface area contributed by atoms with Crippen molar-refractivity contribution in [3.8, 4) is 0 Å². The van der Waals surface area contributed by atoms with E-state index in [1.54, 1.807) is 6.08 Å². The van der Waals surface area contributed by atoms with Gasteiger partial charge in [0.15, 0.2) is 0 Å². The van der Waals surface area contributed by atoms with Gasteiger partial charge < -0.3 is 16.1 Å². The Morgan fingerprint density at radius 2 is 1.84 bits per heavy atom. The Kier molecular flexibility index (Phi) is 23.2. The minimum absolute atomic E-state index is 0. The molecule has 0 spiro atoms. The highest BCUT2D eigenvalue weighted by molar-refractivity contribution is 7.99. The van der Waals surface area contributed by atoms with Crippen LogP contribution in [0.25, 0.3) is 0 Å². The molecule has 0 radical (unpaired) electrons. The number of unbranched alkanes of at least 4 members (excludes halogenated alkanes) is 2. The third-order valence-corrected chi connectivity index (χ3v) is 6.21. The third-order valence-electron chi connectivity index (χ3n) is 5.13. The van der Waals surface area contributed by atoms with Crippen LogP contribution in [-0.2, 0) is 0 Å². The number of nitrogens with one attached hydrogen (secondary N) is 1. The van der Waals surface area contributed by atoms with Crippen molar-refractivity contribution < 1.29 is 0 Å². The van der Waals surface area contributed by atoms with E-state index in [9.17, 15) is 0 Å². The zero-order valence-electron chi connectivity index (χ0n) is 22.9. The summed E-state index contributed by atoms with van der Waals surface area (Å²) in [6, 6.07) is 6.72. The van der Waals surface area contributed by atoms with E-state index in [2.05, 4.69) is 99.4 Å². The average Bonchev–Trinajstić information content (AvgIpc) is 3.18. The van der Waals surface area contributed by atoms with Crippen molar-refractivity contribution >= 4 is 23.2 Å². The maximum Gasteiger partial charge on any atom is 0.115 e. The molecule has 5 heteroatoms. The van der Waals surface area contributed by atoms with Gasteiger partial charge in [0.1, 0.15) is 5.71 Å². The van der Waals surface area contributed by atoms with Crippen LogP contribution < -0.4 is 16.1 Å². The second kappa shape index (κ2) is 23.6. The molecule has 0 atom stereocenters. The van der Waals surface area contributed by atoms with Crippen LogP contribution in [0.5, 0.6) is 0 Å². The highest BCUT2D eigenvalue weighted by atomic mass is 32.2. The molecule has 0 amide bonds. The zero-order valence-corrected chi connectivity index (χ0v) is 23.7. The number of allylic oxidation sites excluding steroid dienone is 7. The van der Waals surface area contributed by atoms with Crippen molar-refractivity contribution in [1.82, 2.24) is 5.43 Å². The lowest BCUT2D eigenvalue weighted by molar-refractivity contribution is 0.773. The summed E-state index contributed by atoms with van der Waals surface area (Å²) in [4.78, 5) is 3.59. The molecular weight excluding hydrogens is 472 g/mol. The van der Waals surface area contributed by atoms with Gasteiger partial charge in [-0.3, -0.25) is 0 Å². The van der Waals surface area contributed by atoms with Crippen LogP contribution in [0.4, 0.5) is 5.69 Å². The molecule has 1 aliphatic heterocycles. The number of hydrogen-bond acceptors (Lipinski definition) is 5. The van der Waals surface area contributed by atoms with E-state index < -0.39 is 0 Å². The maximum atomic E-state index is 5.03. The molecule has 0 aromatic heterocycles. The number of hydrogen-bond donors (Lipinski definition) is 2. The molecule has 0 aliphatic carbocycles. The molecule has 4 nitrogen and oxygen atoms in total. The number of nitrogens with zero attached hydrogens (tertiary/aromatic N) is 2. The minimum atomic E-state index is 0. The van der Waals surface area contributed by atoms with Crippen LogP contribution in [-0.4, -0.2) is 31.1 Å². The van der Waals surface area contributed by atoms with E-state index in [1.165, 1.54) is 22.6 Å². The van der Waals surface area contributed by atoms with E-state index >= 15 is 0 Å². The van der Waals surface area contributed by atoms with E-state index in [-0.39, 0.29) is 7.43 Å². The van der Waals surface area contributed by atoms with Gasteiger partial charge in [-0.2, -0.15) is 5.10 Å². The molecule has 37 heavy (non-hydrogen) atoms. The Bertz CT molecular complexity index is 881. The van der Waals surface area contributed by atoms with Gasteiger partial charge in [-0.05, 0) is 68.7 Å². The van der Waals surface area contributed by atoms with E-state index in [0.717, 1.165) is 68.1 Å². The van der Waals surface area contributed by atoms with Gasteiger partial charge in [-0.25, -0.2) is 0 Å². The number of nitrogens with two attached hydrogens (primary N) is 1. The van der Waals surface area contributed by atoms with E-state index in [4.69, 9.17) is 5.73 Å². The molecule has 0 fully saturated rings. The molecule has 2 rings (SSSR count). The number of anilines is 1. The van der Waals surface area contributed by atoms with Crippen LogP contribution in [0.3, 0.4) is 0 Å². The summed E-state index contributed by atoms with van der Waals surface area (Å²) in [7, 11) is 0. The molecule has 0 unspecified atom stereocenters. The van der Waals surface area contributed by atoms with Crippen LogP contribution in [0.2, 0.25) is 0 Å². The Hall–Kier alpha value is -2.76. The third kappa shape index (κ3) is 13.4. The molecule has 1 heterocycles. The molecular formula is C32H52N4S. The quantitative estimate of drug-likeness (QED) is 0.0840. The predicted octanol–water partition coefficient (Wildman–Crippen LogP) is 8.65. The van der Waals surface area contributed by atoms with Gasteiger partial charge in [0.25, 0.3) is 0 Å². The monoisotopic (exact) mass is 524 g/mol. The first-order valence-electron chi connectivity index (χ1n) is 12.9. The summed E-state index contributed by atoms with van der Waals surface area (Å²) in [5, 5.41) is 4.61. The molecule has 1 aromatic carbocycles. The molecule has 206 valence electrons. The van der Waals surface area contributed by atoms with Gasteiger partial charge in [-0.1, -0.05) is 77.8 Å². The van der Waals surface area contributed by atoms with Crippen molar-refractivity contribution in [1.29, 1.82) is 0 Å². The van der Waals surface area contributed by atoms with Gasteiger partial charge in [0.2, 0.25) is 0 Å². The Morgan fingerprint density at radius 3 is 2.41 bits per heavy atom. The first-order chi connectivity index (χ1) is 17.6. The second-order valence-electron chi connectivity index (χ2n) is 7.89. The number of benzene rings is 1. The summed E-state index contributed by atoms with van der Waals surface area (Å²) in [5.41, 5.74) is 13.6. The fraction of sp³-hybridized carbons (Fsp3) is 0.406. The lowest BCUT2D eigenvalue weighted by Gasteiger charge is -2.19. The van der Waals surface area contributed by atoms with Gasteiger partial charge >= 0.3 is 0 Å². The second-order valence-corrected chi connectivity index (χ2v) is 9.06. The predicted molar refractivity (Wildman–Crippen MR) is 173 cm³/mol. The average molecular weight is 525 g/mol. The largest absolute Gasteiger partial charge is 0.340 e. The molecule has 3 N–H and O–H groups in total. The molecule has 1 aromatic rings. The van der Waals surface area contributed by atoms with Gasteiger partial charge in [-0.15, -0.1) is 24.9 Å². The number of rotatable bonds is 14. The number of thioether (sulfide) groups is 1. The highest BCUT2D eigenvalue weighted by Crippen LogP contribution is 2.37. The zero-order chi connectivity index (χ0) is 27.2. The molecule has 0 saturated heterocycles. The normalized spacial score (nSPS) is 13.2. The fourth-order valence-corrected chi connectivity index (χ4v) is 4.16. The Labute approximate surface area is 232 Å². The topological polar surface area (TPSA) is 53.7 Å². The Balaban J connectivity index is 0. The fourth-order valence-electron chi connectivity index (χ4n) is 3.25. The summed E-state index contributed by atoms with van der Waals surface area (Å²) < 4.78 is 0. The summed E-state index contributed by atoms with van der Waals surface area (Å²) in [6.45, 7) is 26.8. The van der Waals surface area contributed by atoms with Crippen LogP contribution in [0.1, 0.15) is 65.9 Å².